The van der Waals surface area contributed by atoms with Crippen LogP contribution >= 0.6 is 0 Å². The highest BCUT2D eigenvalue weighted by Gasteiger charge is 2.25. The molecule has 23 heavy (non-hydrogen) atoms. The number of aliphatic hydroxyl groups is 1. The van der Waals surface area contributed by atoms with Gasteiger partial charge in [0.05, 0.1) is 25.3 Å². The summed E-state index contributed by atoms with van der Waals surface area (Å²) < 4.78 is 18.5. The molecular formula is C17H25FN2O3. The molecule has 1 aliphatic rings. The minimum atomic E-state index is -0.599. The third-order valence-electron chi connectivity index (χ3n) is 4.27. The molecule has 0 radical (unpaired) electrons. The molecule has 6 heteroatoms. The normalized spacial score (nSPS) is 16.6. The average molecular weight is 324 g/mol. The lowest BCUT2D eigenvalue weighted by Crippen LogP contribution is -2.49. The third-order valence-corrected chi connectivity index (χ3v) is 4.27. The summed E-state index contributed by atoms with van der Waals surface area (Å²) in [6, 6.07) is 4.48. The largest absolute Gasteiger partial charge is 0.494 e. The van der Waals surface area contributed by atoms with E-state index < -0.39 is 6.10 Å². The van der Waals surface area contributed by atoms with Crippen LogP contribution in [0.15, 0.2) is 18.2 Å². The summed E-state index contributed by atoms with van der Waals surface area (Å²) in [4.78, 5) is 16.1. The molecule has 5 nitrogen and oxygen atoms in total. The zero-order valence-electron chi connectivity index (χ0n) is 14.0. The van der Waals surface area contributed by atoms with E-state index in [0.29, 0.717) is 31.9 Å². The van der Waals surface area contributed by atoms with E-state index in [2.05, 4.69) is 4.90 Å². The summed E-state index contributed by atoms with van der Waals surface area (Å²) in [6.45, 7) is 6.29. The standard InChI is InChI=1S/C17H25FN2O3/c1-12(2)15(21)11-17(22)20-8-6-19(7-9-20)14-5-4-13(18)10-16(14)23-3/h4-5,10,12,15,21H,6-9,11H2,1-3H3. The Kier molecular flexibility index (Phi) is 5.82. The van der Waals surface area contributed by atoms with Crippen LogP contribution in [-0.4, -0.2) is 55.3 Å². The van der Waals surface area contributed by atoms with Crippen molar-refractivity contribution in [2.45, 2.75) is 26.4 Å². The highest BCUT2D eigenvalue weighted by molar-refractivity contribution is 5.77. The molecule has 2 rings (SSSR count). The minimum absolute atomic E-state index is 0.0167. The molecule has 1 N–H and O–H groups in total. The van der Waals surface area contributed by atoms with Gasteiger partial charge in [0.25, 0.3) is 0 Å². The van der Waals surface area contributed by atoms with Crippen molar-refractivity contribution >= 4 is 11.6 Å². The van der Waals surface area contributed by atoms with Crippen molar-refractivity contribution in [3.63, 3.8) is 0 Å². The van der Waals surface area contributed by atoms with Crippen LogP contribution in [0.1, 0.15) is 20.3 Å². The number of hydrogen-bond acceptors (Lipinski definition) is 4. The average Bonchev–Trinajstić information content (AvgIpc) is 2.54. The van der Waals surface area contributed by atoms with Crippen molar-refractivity contribution in [2.24, 2.45) is 5.92 Å². The maximum atomic E-state index is 13.3. The number of hydrogen-bond donors (Lipinski definition) is 1. The van der Waals surface area contributed by atoms with E-state index in [-0.39, 0.29) is 24.1 Å². The second-order valence-corrected chi connectivity index (χ2v) is 6.20. The van der Waals surface area contributed by atoms with Crippen LogP contribution in [0, 0.1) is 11.7 Å². The van der Waals surface area contributed by atoms with E-state index in [1.807, 2.05) is 13.8 Å². The Bertz CT molecular complexity index is 543. The number of anilines is 1. The Morgan fingerprint density at radius 2 is 1.96 bits per heavy atom. The Hall–Kier alpha value is -1.82. The lowest BCUT2D eigenvalue weighted by molar-refractivity contribution is -0.134. The number of amides is 1. The Labute approximate surface area is 136 Å². The van der Waals surface area contributed by atoms with Crippen LogP contribution in [0.25, 0.3) is 0 Å². The first kappa shape index (κ1) is 17.5. The van der Waals surface area contributed by atoms with Crippen molar-refractivity contribution in [3.8, 4) is 5.75 Å². The number of nitrogens with zero attached hydrogens (tertiary/aromatic N) is 2. The molecule has 1 aliphatic heterocycles. The zero-order chi connectivity index (χ0) is 17.0. The van der Waals surface area contributed by atoms with Gasteiger partial charge in [0.15, 0.2) is 0 Å². The van der Waals surface area contributed by atoms with Gasteiger partial charge in [0.1, 0.15) is 11.6 Å². The summed E-state index contributed by atoms with van der Waals surface area (Å²) in [7, 11) is 1.52. The van der Waals surface area contributed by atoms with Gasteiger partial charge in [-0.2, -0.15) is 0 Å². The lowest BCUT2D eigenvalue weighted by atomic mass is 10.0. The molecule has 1 amide bonds. The Balaban J connectivity index is 1.95. The molecule has 1 fully saturated rings. The van der Waals surface area contributed by atoms with Crippen LogP contribution in [0.5, 0.6) is 5.75 Å². The van der Waals surface area contributed by atoms with Crippen LogP contribution in [-0.2, 0) is 4.79 Å². The van der Waals surface area contributed by atoms with Crippen molar-refractivity contribution in [2.75, 3.05) is 38.2 Å². The number of piperazine rings is 1. The lowest BCUT2D eigenvalue weighted by Gasteiger charge is -2.37. The Morgan fingerprint density at radius 1 is 1.30 bits per heavy atom. The van der Waals surface area contributed by atoms with E-state index in [1.54, 1.807) is 11.0 Å². The molecule has 0 spiro atoms. The third kappa shape index (κ3) is 4.34. The van der Waals surface area contributed by atoms with Gasteiger partial charge in [-0.15, -0.1) is 0 Å². The minimum Gasteiger partial charge on any atom is -0.494 e. The molecule has 1 unspecified atom stereocenters. The molecule has 1 aromatic rings. The summed E-state index contributed by atoms with van der Waals surface area (Å²) in [5, 5.41) is 9.84. The van der Waals surface area contributed by atoms with Gasteiger partial charge in [0, 0.05) is 32.2 Å². The van der Waals surface area contributed by atoms with Crippen molar-refractivity contribution in [1.29, 1.82) is 0 Å². The van der Waals surface area contributed by atoms with Gasteiger partial charge in [-0.1, -0.05) is 13.8 Å². The van der Waals surface area contributed by atoms with E-state index in [0.717, 1.165) is 5.69 Å². The Morgan fingerprint density at radius 3 is 2.52 bits per heavy atom. The number of aliphatic hydroxyl groups excluding tert-OH is 1. The van der Waals surface area contributed by atoms with Crippen LogP contribution in [0.2, 0.25) is 0 Å². The molecule has 0 aromatic heterocycles. The van der Waals surface area contributed by atoms with Crippen LogP contribution < -0.4 is 9.64 Å². The quantitative estimate of drug-likeness (QED) is 0.899. The second kappa shape index (κ2) is 7.64. The first-order valence-electron chi connectivity index (χ1n) is 7.96. The van der Waals surface area contributed by atoms with E-state index in [4.69, 9.17) is 4.74 Å². The van der Waals surface area contributed by atoms with Gasteiger partial charge in [-0.05, 0) is 18.1 Å². The molecule has 128 valence electrons. The van der Waals surface area contributed by atoms with Crippen molar-refractivity contribution in [1.82, 2.24) is 4.90 Å². The number of carbonyl (C=O) groups excluding carboxylic acids is 1. The first-order chi connectivity index (χ1) is 10.9. The van der Waals surface area contributed by atoms with Crippen LogP contribution in [0.4, 0.5) is 10.1 Å². The van der Waals surface area contributed by atoms with Gasteiger partial charge < -0.3 is 19.6 Å². The molecule has 0 saturated carbocycles. The van der Waals surface area contributed by atoms with Gasteiger partial charge in [-0.3, -0.25) is 4.79 Å². The summed E-state index contributed by atoms with van der Waals surface area (Å²) >= 11 is 0. The first-order valence-corrected chi connectivity index (χ1v) is 7.96. The molecule has 1 aromatic carbocycles. The van der Waals surface area contributed by atoms with E-state index in [1.165, 1.54) is 19.2 Å². The number of methoxy groups -OCH3 is 1. The highest BCUT2D eigenvalue weighted by atomic mass is 19.1. The van der Waals surface area contributed by atoms with Crippen molar-refractivity contribution in [3.05, 3.63) is 24.0 Å². The second-order valence-electron chi connectivity index (χ2n) is 6.20. The molecule has 0 aliphatic carbocycles. The zero-order valence-corrected chi connectivity index (χ0v) is 14.0. The summed E-state index contributed by atoms with van der Waals surface area (Å²) in [5.74, 6) is 0.225. The predicted octanol–water partition coefficient (Wildman–Crippen LogP) is 1.89. The fraction of sp³-hybridized carbons (Fsp3) is 0.588. The SMILES string of the molecule is COc1cc(F)ccc1N1CCN(C(=O)CC(O)C(C)C)CC1. The number of halogens is 1. The smallest absolute Gasteiger partial charge is 0.225 e. The number of rotatable bonds is 5. The molecule has 0 bridgehead atoms. The van der Waals surface area contributed by atoms with Gasteiger partial charge in [0.2, 0.25) is 5.91 Å². The van der Waals surface area contributed by atoms with Crippen LogP contribution in [0.3, 0.4) is 0 Å². The summed E-state index contributed by atoms with van der Waals surface area (Å²) in [6.07, 6.45) is -0.435. The molecular weight excluding hydrogens is 299 g/mol. The molecule has 1 heterocycles. The summed E-state index contributed by atoms with van der Waals surface area (Å²) in [5.41, 5.74) is 0.836. The fourth-order valence-electron chi connectivity index (χ4n) is 2.65. The number of ether oxygens (including phenoxy) is 1. The predicted molar refractivity (Wildman–Crippen MR) is 87.2 cm³/mol. The van der Waals surface area contributed by atoms with Crippen molar-refractivity contribution < 1.29 is 19.0 Å². The fourth-order valence-corrected chi connectivity index (χ4v) is 2.65. The monoisotopic (exact) mass is 324 g/mol. The molecule has 1 atom stereocenters. The molecule has 1 saturated heterocycles. The van der Waals surface area contributed by atoms with Gasteiger partial charge in [-0.25, -0.2) is 4.39 Å². The topological polar surface area (TPSA) is 53.0 Å². The number of carbonyl (C=O) groups is 1. The van der Waals surface area contributed by atoms with E-state index in [9.17, 15) is 14.3 Å². The van der Waals surface area contributed by atoms with Gasteiger partial charge >= 0.3 is 0 Å². The number of benzene rings is 1. The highest BCUT2D eigenvalue weighted by Crippen LogP contribution is 2.29. The van der Waals surface area contributed by atoms with E-state index >= 15 is 0 Å². The maximum absolute atomic E-state index is 13.3. The maximum Gasteiger partial charge on any atom is 0.225 e.